The van der Waals surface area contributed by atoms with Gasteiger partial charge in [0, 0.05) is 13.0 Å². The number of aromatic nitrogens is 2. The summed E-state index contributed by atoms with van der Waals surface area (Å²) < 4.78 is 0. The standard InChI is InChI=1S/C17H19N3O2/c1-20(17(22)12-7-3-2-4-8-12)11-15-18-14-10-6-5-9-13(14)16(21)19-15/h2-3,5-6,9-10,12H,4,7-8,11H2,1H3,(H,18,19,21)/t12-/m1/s1. The summed E-state index contributed by atoms with van der Waals surface area (Å²) in [5.74, 6) is 0.674. The molecule has 1 aliphatic carbocycles. The fraction of sp³-hybridized carbons (Fsp3) is 0.353. The molecule has 0 radical (unpaired) electrons. The van der Waals surface area contributed by atoms with Crippen LogP contribution >= 0.6 is 0 Å². The van der Waals surface area contributed by atoms with Crippen LogP contribution in [0.25, 0.3) is 10.9 Å². The predicted molar refractivity (Wildman–Crippen MR) is 85.3 cm³/mol. The largest absolute Gasteiger partial charge is 0.338 e. The van der Waals surface area contributed by atoms with Crippen LogP contribution in [0.3, 0.4) is 0 Å². The van der Waals surface area contributed by atoms with Crippen molar-refractivity contribution in [1.29, 1.82) is 0 Å². The van der Waals surface area contributed by atoms with Crippen molar-refractivity contribution in [1.82, 2.24) is 14.9 Å². The van der Waals surface area contributed by atoms with Crippen molar-refractivity contribution in [3.05, 3.63) is 52.6 Å². The molecule has 114 valence electrons. The van der Waals surface area contributed by atoms with Crippen LogP contribution in [0.5, 0.6) is 0 Å². The highest BCUT2D eigenvalue weighted by Crippen LogP contribution is 2.20. The summed E-state index contributed by atoms with van der Waals surface area (Å²) in [6, 6.07) is 7.21. The van der Waals surface area contributed by atoms with E-state index in [0.717, 1.165) is 19.3 Å². The van der Waals surface area contributed by atoms with E-state index in [4.69, 9.17) is 0 Å². The molecule has 5 heteroatoms. The zero-order chi connectivity index (χ0) is 15.5. The number of para-hydroxylation sites is 1. The van der Waals surface area contributed by atoms with E-state index in [-0.39, 0.29) is 17.4 Å². The fourth-order valence-electron chi connectivity index (χ4n) is 2.84. The molecule has 0 fully saturated rings. The Morgan fingerprint density at radius 1 is 1.36 bits per heavy atom. The highest BCUT2D eigenvalue weighted by atomic mass is 16.2. The van der Waals surface area contributed by atoms with Gasteiger partial charge in [-0.05, 0) is 31.4 Å². The number of hydrogen-bond acceptors (Lipinski definition) is 3. The second-order valence-corrected chi connectivity index (χ2v) is 5.71. The van der Waals surface area contributed by atoms with Gasteiger partial charge in [-0.15, -0.1) is 0 Å². The molecule has 3 rings (SSSR count). The molecule has 1 heterocycles. The number of fused-ring (bicyclic) bond motifs is 1. The van der Waals surface area contributed by atoms with E-state index in [1.165, 1.54) is 0 Å². The van der Waals surface area contributed by atoms with Crippen molar-refractivity contribution in [3.63, 3.8) is 0 Å². The molecule has 5 nitrogen and oxygen atoms in total. The molecule has 2 aromatic rings. The van der Waals surface area contributed by atoms with Crippen LogP contribution in [0.4, 0.5) is 0 Å². The molecule has 0 unspecified atom stereocenters. The zero-order valence-corrected chi connectivity index (χ0v) is 12.6. The number of carbonyl (C=O) groups is 1. The smallest absolute Gasteiger partial charge is 0.258 e. The second-order valence-electron chi connectivity index (χ2n) is 5.71. The van der Waals surface area contributed by atoms with Crippen molar-refractivity contribution < 1.29 is 4.79 Å². The van der Waals surface area contributed by atoms with Gasteiger partial charge in [0.05, 0.1) is 17.4 Å². The summed E-state index contributed by atoms with van der Waals surface area (Å²) >= 11 is 0. The molecule has 0 aliphatic heterocycles. The maximum absolute atomic E-state index is 12.4. The number of benzene rings is 1. The summed E-state index contributed by atoms with van der Waals surface area (Å²) in [4.78, 5) is 33.3. The first-order chi connectivity index (χ1) is 10.6. The van der Waals surface area contributed by atoms with Gasteiger partial charge in [0.25, 0.3) is 5.56 Å². The zero-order valence-electron chi connectivity index (χ0n) is 12.6. The third-order valence-electron chi connectivity index (χ3n) is 4.04. The molecule has 22 heavy (non-hydrogen) atoms. The second kappa shape index (κ2) is 6.13. The van der Waals surface area contributed by atoms with Gasteiger partial charge in [0.1, 0.15) is 5.82 Å². The minimum atomic E-state index is -0.165. The van der Waals surface area contributed by atoms with Gasteiger partial charge in [-0.3, -0.25) is 9.59 Å². The van der Waals surface area contributed by atoms with Gasteiger partial charge in [-0.2, -0.15) is 0 Å². The van der Waals surface area contributed by atoms with Gasteiger partial charge >= 0.3 is 0 Å². The molecular formula is C17H19N3O2. The number of rotatable bonds is 3. The van der Waals surface area contributed by atoms with Crippen molar-refractivity contribution >= 4 is 16.8 Å². The molecule has 0 saturated heterocycles. The third-order valence-corrected chi connectivity index (χ3v) is 4.04. The van der Waals surface area contributed by atoms with E-state index < -0.39 is 0 Å². The number of allylic oxidation sites excluding steroid dienone is 2. The van der Waals surface area contributed by atoms with Crippen LogP contribution < -0.4 is 5.56 Å². The van der Waals surface area contributed by atoms with E-state index in [1.807, 2.05) is 18.2 Å². The molecule has 0 saturated carbocycles. The van der Waals surface area contributed by atoms with E-state index in [9.17, 15) is 9.59 Å². The molecule has 0 spiro atoms. The van der Waals surface area contributed by atoms with Crippen LogP contribution in [0, 0.1) is 5.92 Å². The maximum Gasteiger partial charge on any atom is 0.258 e. The number of H-pyrrole nitrogens is 1. The van der Waals surface area contributed by atoms with Crippen molar-refractivity contribution in [2.24, 2.45) is 5.92 Å². The van der Waals surface area contributed by atoms with Crippen LogP contribution in [0.15, 0.2) is 41.2 Å². The van der Waals surface area contributed by atoms with E-state index in [1.54, 1.807) is 18.0 Å². The Kier molecular flexibility index (Phi) is 4.04. The maximum atomic E-state index is 12.4. The predicted octanol–water partition coefficient (Wildman–Crippen LogP) is 2.24. The lowest BCUT2D eigenvalue weighted by Crippen LogP contribution is -2.34. The molecule has 1 aromatic heterocycles. The summed E-state index contributed by atoms with van der Waals surface area (Å²) in [7, 11) is 1.76. The summed E-state index contributed by atoms with van der Waals surface area (Å²) in [6.07, 6.45) is 6.82. The quantitative estimate of drug-likeness (QED) is 0.884. The summed E-state index contributed by atoms with van der Waals surface area (Å²) in [5.41, 5.74) is 0.491. The number of nitrogens with one attached hydrogen (secondary N) is 1. The summed E-state index contributed by atoms with van der Waals surface area (Å²) in [6.45, 7) is 0.319. The average molecular weight is 297 g/mol. The lowest BCUT2D eigenvalue weighted by atomic mass is 9.93. The lowest BCUT2D eigenvalue weighted by molar-refractivity contribution is -0.135. The van der Waals surface area contributed by atoms with Crippen LogP contribution in [-0.4, -0.2) is 27.8 Å². The van der Waals surface area contributed by atoms with E-state index in [0.29, 0.717) is 23.3 Å². The Morgan fingerprint density at radius 3 is 2.95 bits per heavy atom. The minimum absolute atomic E-state index is 0.0437. The number of nitrogens with zero attached hydrogens (tertiary/aromatic N) is 2. The Hall–Kier alpha value is -2.43. The Bertz CT molecular complexity index is 779. The minimum Gasteiger partial charge on any atom is -0.338 e. The van der Waals surface area contributed by atoms with Gasteiger partial charge in [-0.1, -0.05) is 24.3 Å². The van der Waals surface area contributed by atoms with Gasteiger partial charge in [-0.25, -0.2) is 4.98 Å². The van der Waals surface area contributed by atoms with Crippen molar-refractivity contribution in [2.45, 2.75) is 25.8 Å². The first-order valence-electron chi connectivity index (χ1n) is 7.53. The van der Waals surface area contributed by atoms with E-state index in [2.05, 4.69) is 22.1 Å². The molecule has 0 bridgehead atoms. The summed E-state index contributed by atoms with van der Waals surface area (Å²) in [5, 5.41) is 0.567. The molecule has 1 amide bonds. The Morgan fingerprint density at radius 2 is 2.18 bits per heavy atom. The monoisotopic (exact) mass is 297 g/mol. The number of amides is 1. The first kappa shape index (κ1) is 14.5. The van der Waals surface area contributed by atoms with E-state index >= 15 is 0 Å². The average Bonchev–Trinajstić information content (AvgIpc) is 2.55. The third kappa shape index (κ3) is 2.93. The molecule has 1 N–H and O–H groups in total. The molecule has 1 aliphatic rings. The molecule has 1 atom stereocenters. The Balaban J connectivity index is 1.79. The van der Waals surface area contributed by atoms with Crippen molar-refractivity contribution in [3.8, 4) is 0 Å². The van der Waals surface area contributed by atoms with Crippen LogP contribution in [0.2, 0.25) is 0 Å². The van der Waals surface area contributed by atoms with Gasteiger partial charge in [0.15, 0.2) is 0 Å². The van der Waals surface area contributed by atoms with Gasteiger partial charge < -0.3 is 9.88 Å². The normalized spacial score (nSPS) is 17.6. The first-order valence-corrected chi connectivity index (χ1v) is 7.53. The van der Waals surface area contributed by atoms with Crippen molar-refractivity contribution in [2.75, 3.05) is 7.05 Å². The number of aromatic amines is 1. The number of hydrogen-bond donors (Lipinski definition) is 1. The molecular weight excluding hydrogens is 278 g/mol. The molecule has 1 aromatic carbocycles. The SMILES string of the molecule is CN(Cc1nc2ccccc2c(=O)[nH]1)C(=O)[C@@H]1CC=CCC1. The Labute approximate surface area is 128 Å². The fourth-order valence-corrected chi connectivity index (χ4v) is 2.84. The highest BCUT2D eigenvalue weighted by molar-refractivity contribution is 5.79. The van der Waals surface area contributed by atoms with Gasteiger partial charge in [0.2, 0.25) is 5.91 Å². The van der Waals surface area contributed by atoms with Crippen LogP contribution in [0.1, 0.15) is 25.1 Å². The number of carbonyl (C=O) groups excluding carboxylic acids is 1. The highest BCUT2D eigenvalue weighted by Gasteiger charge is 2.22. The van der Waals surface area contributed by atoms with Crippen LogP contribution in [-0.2, 0) is 11.3 Å². The lowest BCUT2D eigenvalue weighted by Gasteiger charge is -2.24. The topological polar surface area (TPSA) is 66.1 Å².